The monoisotopic (exact) mass is 386 g/mol. The van der Waals surface area contributed by atoms with Gasteiger partial charge in [0.1, 0.15) is 5.76 Å². The third-order valence-electron chi connectivity index (χ3n) is 4.83. The predicted molar refractivity (Wildman–Crippen MR) is 99.4 cm³/mol. The van der Waals surface area contributed by atoms with E-state index in [1.165, 1.54) is 0 Å². The van der Waals surface area contributed by atoms with Crippen LogP contribution in [0.15, 0.2) is 28.8 Å². The van der Waals surface area contributed by atoms with Gasteiger partial charge in [0.05, 0.1) is 0 Å². The SMILES string of the molecule is Cc1cc(NC(=O)CCN2CCN(C(=O)c3ccc4c(c3)OCO4)CC2)no1. The van der Waals surface area contributed by atoms with Crippen LogP contribution >= 0.6 is 0 Å². The fourth-order valence-corrected chi connectivity index (χ4v) is 3.28. The van der Waals surface area contributed by atoms with Gasteiger partial charge in [-0.25, -0.2) is 0 Å². The number of carbonyl (C=O) groups is 2. The van der Waals surface area contributed by atoms with Crippen LogP contribution in [0.2, 0.25) is 0 Å². The number of aromatic nitrogens is 1. The summed E-state index contributed by atoms with van der Waals surface area (Å²) >= 11 is 0. The summed E-state index contributed by atoms with van der Waals surface area (Å²) in [5.41, 5.74) is 0.597. The minimum absolute atomic E-state index is 0.0166. The minimum atomic E-state index is -0.104. The molecule has 2 aliphatic rings. The third kappa shape index (κ3) is 4.09. The molecule has 0 spiro atoms. The summed E-state index contributed by atoms with van der Waals surface area (Å²) in [7, 11) is 0. The zero-order valence-corrected chi connectivity index (χ0v) is 15.6. The maximum atomic E-state index is 12.7. The van der Waals surface area contributed by atoms with Gasteiger partial charge < -0.3 is 24.2 Å². The van der Waals surface area contributed by atoms with E-state index < -0.39 is 0 Å². The first-order chi connectivity index (χ1) is 13.6. The van der Waals surface area contributed by atoms with E-state index in [1.54, 1.807) is 31.2 Å². The molecule has 2 aromatic rings. The fourth-order valence-electron chi connectivity index (χ4n) is 3.28. The summed E-state index contributed by atoms with van der Waals surface area (Å²) in [5.74, 6) is 2.24. The van der Waals surface area contributed by atoms with Crippen LogP contribution in [0.1, 0.15) is 22.5 Å². The number of carbonyl (C=O) groups excluding carboxylic acids is 2. The van der Waals surface area contributed by atoms with E-state index in [0.29, 0.717) is 54.7 Å². The molecular formula is C19H22N4O5. The van der Waals surface area contributed by atoms with Crippen molar-refractivity contribution >= 4 is 17.6 Å². The predicted octanol–water partition coefficient (Wildman–Crippen LogP) is 1.50. The van der Waals surface area contributed by atoms with Crippen molar-refractivity contribution in [1.29, 1.82) is 0 Å². The number of nitrogens with zero attached hydrogens (tertiary/aromatic N) is 3. The maximum absolute atomic E-state index is 12.7. The van der Waals surface area contributed by atoms with Gasteiger partial charge in [0.25, 0.3) is 5.91 Å². The number of benzene rings is 1. The van der Waals surface area contributed by atoms with Crippen LogP contribution in [-0.2, 0) is 4.79 Å². The van der Waals surface area contributed by atoms with Crippen LogP contribution in [0.4, 0.5) is 5.82 Å². The van der Waals surface area contributed by atoms with E-state index in [2.05, 4.69) is 15.4 Å². The van der Waals surface area contributed by atoms with Gasteiger partial charge in [-0.1, -0.05) is 5.16 Å². The Balaban J connectivity index is 1.23. The van der Waals surface area contributed by atoms with Crippen molar-refractivity contribution in [2.24, 2.45) is 0 Å². The first-order valence-corrected chi connectivity index (χ1v) is 9.23. The van der Waals surface area contributed by atoms with Crippen molar-refractivity contribution in [3.05, 3.63) is 35.6 Å². The smallest absolute Gasteiger partial charge is 0.254 e. The molecule has 9 heteroatoms. The number of piperazine rings is 1. The second kappa shape index (κ2) is 7.89. The largest absolute Gasteiger partial charge is 0.454 e. The molecule has 1 fully saturated rings. The minimum Gasteiger partial charge on any atom is -0.454 e. The average Bonchev–Trinajstić information content (AvgIpc) is 3.34. The number of hydrogen-bond acceptors (Lipinski definition) is 7. The Morgan fingerprint density at radius 1 is 1.11 bits per heavy atom. The molecular weight excluding hydrogens is 364 g/mol. The van der Waals surface area contributed by atoms with Crippen molar-refractivity contribution in [2.45, 2.75) is 13.3 Å². The maximum Gasteiger partial charge on any atom is 0.254 e. The molecule has 1 aromatic carbocycles. The van der Waals surface area contributed by atoms with Gasteiger partial charge in [-0.15, -0.1) is 0 Å². The first kappa shape index (κ1) is 18.3. The number of anilines is 1. The molecule has 4 rings (SSSR count). The van der Waals surface area contributed by atoms with Crippen LogP contribution in [0.25, 0.3) is 0 Å². The highest BCUT2D eigenvalue weighted by Gasteiger charge is 2.24. The van der Waals surface area contributed by atoms with E-state index in [1.807, 2.05) is 4.90 Å². The summed E-state index contributed by atoms with van der Waals surface area (Å²) in [4.78, 5) is 28.7. The lowest BCUT2D eigenvalue weighted by Gasteiger charge is -2.34. The van der Waals surface area contributed by atoms with Gasteiger partial charge in [0, 0.05) is 50.8 Å². The molecule has 1 N–H and O–H groups in total. The fraction of sp³-hybridized carbons (Fsp3) is 0.421. The van der Waals surface area contributed by atoms with E-state index in [4.69, 9.17) is 14.0 Å². The zero-order valence-electron chi connectivity index (χ0n) is 15.6. The van der Waals surface area contributed by atoms with Gasteiger partial charge in [-0.2, -0.15) is 0 Å². The highest BCUT2D eigenvalue weighted by molar-refractivity contribution is 5.95. The zero-order chi connectivity index (χ0) is 19.5. The molecule has 1 saturated heterocycles. The van der Waals surface area contributed by atoms with Gasteiger partial charge >= 0.3 is 0 Å². The van der Waals surface area contributed by atoms with Crippen molar-refractivity contribution in [1.82, 2.24) is 15.0 Å². The van der Waals surface area contributed by atoms with Crippen LogP contribution in [-0.4, -0.2) is 66.3 Å². The summed E-state index contributed by atoms with van der Waals surface area (Å²) in [5, 5.41) is 6.46. The Hall–Kier alpha value is -3.07. The molecule has 0 atom stereocenters. The highest BCUT2D eigenvalue weighted by atomic mass is 16.7. The Labute approximate surface area is 162 Å². The Morgan fingerprint density at radius 2 is 1.89 bits per heavy atom. The Bertz CT molecular complexity index is 873. The lowest BCUT2D eigenvalue weighted by molar-refractivity contribution is -0.116. The van der Waals surface area contributed by atoms with E-state index in [-0.39, 0.29) is 18.6 Å². The molecule has 0 radical (unpaired) electrons. The first-order valence-electron chi connectivity index (χ1n) is 9.23. The molecule has 9 nitrogen and oxygen atoms in total. The van der Waals surface area contributed by atoms with Crippen LogP contribution in [0.5, 0.6) is 11.5 Å². The quantitative estimate of drug-likeness (QED) is 0.832. The van der Waals surface area contributed by atoms with Gasteiger partial charge in [0.15, 0.2) is 17.3 Å². The third-order valence-corrected chi connectivity index (χ3v) is 4.83. The average molecular weight is 386 g/mol. The molecule has 0 aliphatic carbocycles. The second-order valence-corrected chi connectivity index (χ2v) is 6.82. The Kier molecular flexibility index (Phi) is 5.16. The van der Waals surface area contributed by atoms with Crippen LogP contribution < -0.4 is 14.8 Å². The molecule has 0 unspecified atom stereocenters. The number of nitrogens with one attached hydrogen (secondary N) is 1. The number of ether oxygens (including phenoxy) is 2. The molecule has 2 aliphatic heterocycles. The summed E-state index contributed by atoms with van der Waals surface area (Å²) in [6, 6.07) is 6.93. The topological polar surface area (TPSA) is 97.1 Å². The molecule has 1 aromatic heterocycles. The highest BCUT2D eigenvalue weighted by Crippen LogP contribution is 2.32. The van der Waals surface area contributed by atoms with E-state index in [9.17, 15) is 9.59 Å². The molecule has 148 valence electrons. The molecule has 28 heavy (non-hydrogen) atoms. The number of rotatable bonds is 5. The van der Waals surface area contributed by atoms with Gasteiger partial charge in [-0.05, 0) is 25.1 Å². The summed E-state index contributed by atoms with van der Waals surface area (Å²) in [6.45, 7) is 5.30. The second-order valence-electron chi connectivity index (χ2n) is 6.82. The van der Waals surface area contributed by atoms with E-state index in [0.717, 1.165) is 13.1 Å². The van der Waals surface area contributed by atoms with Crippen LogP contribution in [0.3, 0.4) is 0 Å². The van der Waals surface area contributed by atoms with Crippen LogP contribution in [0, 0.1) is 6.92 Å². The number of aryl methyl sites for hydroxylation is 1. The number of fused-ring (bicyclic) bond motifs is 1. The number of hydrogen-bond donors (Lipinski definition) is 1. The normalized spacial score (nSPS) is 16.2. The summed E-state index contributed by atoms with van der Waals surface area (Å²) < 4.78 is 15.6. The number of amides is 2. The van der Waals surface area contributed by atoms with Crippen molar-refractivity contribution in [3.8, 4) is 11.5 Å². The molecule has 0 saturated carbocycles. The van der Waals surface area contributed by atoms with Gasteiger partial charge in [-0.3, -0.25) is 14.5 Å². The summed E-state index contributed by atoms with van der Waals surface area (Å²) in [6.07, 6.45) is 0.363. The molecule has 2 amide bonds. The van der Waals surface area contributed by atoms with Gasteiger partial charge in [0.2, 0.25) is 12.7 Å². The standard InChI is InChI=1S/C19H22N4O5/c1-13-10-17(21-28-13)20-18(24)4-5-22-6-8-23(9-7-22)19(25)14-2-3-15-16(11-14)27-12-26-15/h2-3,10-11H,4-9,12H2,1H3,(H,20,21,24). The van der Waals surface area contributed by atoms with Crippen molar-refractivity contribution in [3.63, 3.8) is 0 Å². The van der Waals surface area contributed by atoms with E-state index >= 15 is 0 Å². The molecule has 3 heterocycles. The Morgan fingerprint density at radius 3 is 2.64 bits per heavy atom. The lowest BCUT2D eigenvalue weighted by atomic mass is 10.1. The lowest BCUT2D eigenvalue weighted by Crippen LogP contribution is -2.49. The van der Waals surface area contributed by atoms with Crippen molar-refractivity contribution < 1.29 is 23.6 Å². The van der Waals surface area contributed by atoms with Crippen molar-refractivity contribution in [2.75, 3.05) is 44.8 Å². The molecule has 0 bridgehead atoms.